The lowest BCUT2D eigenvalue weighted by molar-refractivity contribution is -0.137. The molecule has 1 aromatic rings. The number of amides is 2. The second kappa shape index (κ2) is 11.2. The minimum Gasteiger partial charge on any atom is -0.493 e. The van der Waals surface area contributed by atoms with Crippen molar-refractivity contribution in [1.29, 1.82) is 0 Å². The third-order valence-corrected chi connectivity index (χ3v) is 6.68. The van der Waals surface area contributed by atoms with E-state index >= 15 is 0 Å². The van der Waals surface area contributed by atoms with Crippen molar-refractivity contribution >= 4 is 23.4 Å². The summed E-state index contributed by atoms with van der Waals surface area (Å²) in [7, 11) is 1.80. The van der Waals surface area contributed by atoms with Gasteiger partial charge in [-0.3, -0.25) is 9.59 Å². The number of ether oxygens (including phenoxy) is 1. The maximum Gasteiger partial charge on any atom is 0.257 e. The number of piperidine rings is 1. The number of carbonyl (C=O) groups is 2. The summed E-state index contributed by atoms with van der Waals surface area (Å²) in [5, 5.41) is 0.522. The van der Waals surface area contributed by atoms with Gasteiger partial charge in [-0.1, -0.05) is 11.6 Å². The van der Waals surface area contributed by atoms with Crippen LogP contribution in [0.1, 0.15) is 56.3 Å². The van der Waals surface area contributed by atoms with Gasteiger partial charge in [-0.15, -0.1) is 0 Å². The Hall–Kier alpha value is -1.79. The number of halogens is 1. The summed E-state index contributed by atoms with van der Waals surface area (Å²) < 4.78 is 5.94. The first-order chi connectivity index (χ1) is 14.9. The molecule has 31 heavy (non-hydrogen) atoms. The number of hydrogen-bond donors (Lipinski definition) is 0. The largest absolute Gasteiger partial charge is 0.493 e. The third-order valence-electron chi connectivity index (χ3n) is 6.44. The Labute approximate surface area is 191 Å². The van der Waals surface area contributed by atoms with Gasteiger partial charge in [0.25, 0.3) is 5.91 Å². The van der Waals surface area contributed by atoms with E-state index in [9.17, 15) is 9.59 Å². The number of rotatable bonds is 2. The standard InChI is InChI=1S/C24H36ClN3O3/c1-18(2)27-14-9-19(10-15-27)23(29)28-12-5-4-11-26(3)24(30)21-17-20(25)7-8-22(21)31-16-6-13-28/h7-8,17-19H,4-6,9-16H2,1-3H3. The predicted molar refractivity (Wildman–Crippen MR) is 124 cm³/mol. The highest BCUT2D eigenvalue weighted by molar-refractivity contribution is 6.31. The first-order valence-electron chi connectivity index (χ1n) is 11.6. The molecule has 2 amide bonds. The van der Waals surface area contributed by atoms with E-state index in [1.165, 1.54) is 0 Å². The number of hydrogen-bond acceptors (Lipinski definition) is 4. The fourth-order valence-electron chi connectivity index (χ4n) is 4.44. The Morgan fingerprint density at radius 1 is 1.06 bits per heavy atom. The summed E-state index contributed by atoms with van der Waals surface area (Å²) in [6.07, 6.45) is 4.36. The predicted octanol–water partition coefficient (Wildman–Crippen LogP) is 3.92. The molecule has 1 saturated heterocycles. The molecule has 0 radical (unpaired) electrons. The Balaban J connectivity index is 1.65. The highest BCUT2D eigenvalue weighted by Gasteiger charge is 2.29. The van der Waals surface area contributed by atoms with Crippen LogP contribution >= 0.6 is 11.6 Å². The van der Waals surface area contributed by atoms with Gasteiger partial charge < -0.3 is 19.4 Å². The fourth-order valence-corrected chi connectivity index (χ4v) is 4.62. The molecule has 2 aliphatic rings. The number of nitrogens with zero attached hydrogens (tertiary/aromatic N) is 3. The van der Waals surface area contributed by atoms with Gasteiger partial charge >= 0.3 is 0 Å². The molecule has 0 aliphatic carbocycles. The van der Waals surface area contributed by atoms with Gasteiger partial charge in [0.05, 0.1) is 12.2 Å². The smallest absolute Gasteiger partial charge is 0.257 e. The zero-order chi connectivity index (χ0) is 22.4. The van der Waals surface area contributed by atoms with E-state index in [1.54, 1.807) is 30.1 Å². The van der Waals surface area contributed by atoms with Crippen LogP contribution in [0.15, 0.2) is 18.2 Å². The van der Waals surface area contributed by atoms with Crippen LogP contribution in [0.3, 0.4) is 0 Å². The average molecular weight is 450 g/mol. The van der Waals surface area contributed by atoms with Crippen molar-refractivity contribution in [3.8, 4) is 5.75 Å². The van der Waals surface area contributed by atoms with Crippen LogP contribution in [0, 0.1) is 5.92 Å². The summed E-state index contributed by atoms with van der Waals surface area (Å²) >= 11 is 6.12. The average Bonchev–Trinajstić information content (AvgIpc) is 2.78. The molecule has 6 nitrogen and oxygen atoms in total. The van der Waals surface area contributed by atoms with Gasteiger partial charge in [0.2, 0.25) is 5.91 Å². The van der Waals surface area contributed by atoms with E-state index in [0.29, 0.717) is 42.1 Å². The number of fused-ring (bicyclic) bond motifs is 1. The second-order valence-electron chi connectivity index (χ2n) is 9.01. The molecule has 2 aliphatic heterocycles. The number of benzene rings is 1. The van der Waals surface area contributed by atoms with Crippen LogP contribution < -0.4 is 4.74 Å². The van der Waals surface area contributed by atoms with E-state index < -0.39 is 0 Å². The lowest BCUT2D eigenvalue weighted by atomic mass is 9.94. The molecular formula is C24H36ClN3O3. The SMILES string of the molecule is CC(C)N1CCC(C(=O)N2CCCCN(C)C(=O)c3cc(Cl)ccc3OCCC2)CC1. The minimum atomic E-state index is -0.0819. The van der Waals surface area contributed by atoms with Crippen molar-refractivity contribution in [3.05, 3.63) is 28.8 Å². The maximum absolute atomic E-state index is 13.3. The molecule has 172 valence electrons. The van der Waals surface area contributed by atoms with Crippen molar-refractivity contribution in [2.75, 3.05) is 46.4 Å². The Morgan fingerprint density at radius 2 is 1.74 bits per heavy atom. The number of carbonyl (C=O) groups excluding carboxylic acids is 2. The molecule has 1 fully saturated rings. The molecule has 0 bridgehead atoms. The van der Waals surface area contributed by atoms with Crippen LogP contribution in [0.2, 0.25) is 5.02 Å². The first kappa shape index (κ1) is 23.9. The van der Waals surface area contributed by atoms with Crippen molar-refractivity contribution in [2.24, 2.45) is 5.92 Å². The van der Waals surface area contributed by atoms with Gasteiger partial charge in [0.15, 0.2) is 0 Å². The fraction of sp³-hybridized carbons (Fsp3) is 0.667. The Bertz CT molecular complexity index is 762. The summed E-state index contributed by atoms with van der Waals surface area (Å²) in [6, 6.07) is 5.71. The second-order valence-corrected chi connectivity index (χ2v) is 9.44. The molecule has 2 heterocycles. The highest BCUT2D eigenvalue weighted by atomic mass is 35.5. The van der Waals surface area contributed by atoms with Crippen LogP contribution in [0.5, 0.6) is 5.75 Å². The number of likely N-dealkylation sites (tertiary alicyclic amines) is 1. The van der Waals surface area contributed by atoms with Crippen molar-refractivity contribution in [2.45, 2.75) is 52.0 Å². The van der Waals surface area contributed by atoms with Gasteiger partial charge in [-0.2, -0.15) is 0 Å². The highest BCUT2D eigenvalue weighted by Crippen LogP contribution is 2.25. The third kappa shape index (κ3) is 6.36. The van der Waals surface area contributed by atoms with Crippen molar-refractivity contribution < 1.29 is 14.3 Å². The normalized spacial score (nSPS) is 20.5. The molecule has 0 spiro atoms. The minimum absolute atomic E-state index is 0.0819. The molecule has 7 heteroatoms. The van der Waals surface area contributed by atoms with Gasteiger partial charge in [0.1, 0.15) is 5.75 Å². The maximum atomic E-state index is 13.3. The molecule has 0 aromatic heterocycles. The van der Waals surface area contributed by atoms with E-state index in [2.05, 4.69) is 18.7 Å². The van der Waals surface area contributed by atoms with Gasteiger partial charge in [-0.25, -0.2) is 0 Å². The lowest BCUT2D eigenvalue weighted by Gasteiger charge is -2.36. The molecular weight excluding hydrogens is 414 g/mol. The van der Waals surface area contributed by atoms with E-state index in [-0.39, 0.29) is 17.7 Å². The molecule has 1 aromatic carbocycles. The van der Waals surface area contributed by atoms with Crippen LogP contribution in [0.4, 0.5) is 0 Å². The van der Waals surface area contributed by atoms with Crippen molar-refractivity contribution in [1.82, 2.24) is 14.7 Å². The molecule has 0 atom stereocenters. The molecule has 0 saturated carbocycles. The lowest BCUT2D eigenvalue weighted by Crippen LogP contribution is -2.45. The quantitative estimate of drug-likeness (QED) is 0.686. The summed E-state index contributed by atoms with van der Waals surface area (Å²) in [6.45, 7) is 8.96. The first-order valence-corrected chi connectivity index (χ1v) is 11.9. The van der Waals surface area contributed by atoms with Gasteiger partial charge in [0, 0.05) is 43.7 Å². The van der Waals surface area contributed by atoms with Gasteiger partial charge in [-0.05, 0) is 77.2 Å². The molecule has 0 unspecified atom stereocenters. The zero-order valence-corrected chi connectivity index (χ0v) is 19.9. The van der Waals surface area contributed by atoms with E-state index in [0.717, 1.165) is 51.7 Å². The van der Waals surface area contributed by atoms with Crippen LogP contribution in [0.25, 0.3) is 0 Å². The van der Waals surface area contributed by atoms with E-state index in [4.69, 9.17) is 16.3 Å². The van der Waals surface area contributed by atoms with E-state index in [1.807, 2.05) is 4.90 Å². The van der Waals surface area contributed by atoms with Crippen LogP contribution in [-0.4, -0.2) is 78.9 Å². The molecule has 0 N–H and O–H groups in total. The topological polar surface area (TPSA) is 53.1 Å². The summed E-state index contributed by atoms with van der Waals surface area (Å²) in [5.41, 5.74) is 0.499. The van der Waals surface area contributed by atoms with Crippen molar-refractivity contribution in [3.63, 3.8) is 0 Å². The monoisotopic (exact) mass is 449 g/mol. The van der Waals surface area contributed by atoms with Crippen LogP contribution in [-0.2, 0) is 4.79 Å². The Kier molecular flexibility index (Phi) is 8.61. The zero-order valence-electron chi connectivity index (χ0n) is 19.1. The molecule has 3 rings (SSSR count). The summed E-state index contributed by atoms with van der Waals surface area (Å²) in [5.74, 6) is 0.884. The Morgan fingerprint density at radius 3 is 2.45 bits per heavy atom. The summed E-state index contributed by atoms with van der Waals surface area (Å²) in [4.78, 5) is 32.3.